The highest BCUT2D eigenvalue weighted by Crippen LogP contribution is 2.32. The van der Waals surface area contributed by atoms with E-state index in [1.807, 2.05) is 49.6 Å². The van der Waals surface area contributed by atoms with Crippen molar-refractivity contribution >= 4 is 16.7 Å². The number of pyridine rings is 1. The largest absolute Gasteiger partial charge is 0.494 e. The second-order valence-electron chi connectivity index (χ2n) is 7.32. The van der Waals surface area contributed by atoms with Crippen molar-refractivity contribution in [2.24, 2.45) is 0 Å². The van der Waals surface area contributed by atoms with Crippen LogP contribution >= 0.6 is 0 Å². The fraction of sp³-hybridized carbons (Fsp3) is 0.318. The summed E-state index contributed by atoms with van der Waals surface area (Å²) in [6, 6.07) is 12.6. The van der Waals surface area contributed by atoms with Crippen LogP contribution in [-0.4, -0.2) is 44.7 Å². The molecule has 1 aliphatic rings. The van der Waals surface area contributed by atoms with Crippen molar-refractivity contribution in [2.75, 3.05) is 24.6 Å². The molecule has 0 radical (unpaired) electrons. The topological polar surface area (TPSA) is 71.9 Å². The van der Waals surface area contributed by atoms with Crippen molar-refractivity contribution in [1.29, 1.82) is 0 Å². The van der Waals surface area contributed by atoms with Crippen LogP contribution < -0.4 is 9.64 Å². The van der Waals surface area contributed by atoms with Crippen LogP contribution in [0.1, 0.15) is 25.8 Å². The smallest absolute Gasteiger partial charge is 0.129 e. The summed E-state index contributed by atoms with van der Waals surface area (Å²) < 4.78 is 7.74. The summed E-state index contributed by atoms with van der Waals surface area (Å²) in [6.07, 6.45) is 7.91. The van der Waals surface area contributed by atoms with Gasteiger partial charge in [0.1, 0.15) is 17.3 Å². The van der Waals surface area contributed by atoms with Crippen molar-refractivity contribution < 1.29 is 4.74 Å². The van der Waals surface area contributed by atoms with E-state index in [0.29, 0.717) is 12.6 Å². The molecule has 4 aromatic rings. The van der Waals surface area contributed by atoms with Gasteiger partial charge in [-0.1, -0.05) is 0 Å². The predicted octanol–water partition coefficient (Wildman–Crippen LogP) is 4.06. The van der Waals surface area contributed by atoms with Crippen LogP contribution in [0, 0.1) is 0 Å². The Balaban J connectivity index is 1.39. The van der Waals surface area contributed by atoms with Gasteiger partial charge in [0.15, 0.2) is 0 Å². The minimum Gasteiger partial charge on any atom is -0.494 e. The molecule has 0 amide bonds. The number of piperidine rings is 1. The van der Waals surface area contributed by atoms with Crippen molar-refractivity contribution in [3.63, 3.8) is 0 Å². The molecule has 7 heteroatoms. The average Bonchev–Trinajstić information content (AvgIpc) is 3.44. The molecule has 0 aliphatic carbocycles. The molecule has 0 bridgehead atoms. The van der Waals surface area contributed by atoms with Crippen LogP contribution in [0.25, 0.3) is 22.2 Å². The van der Waals surface area contributed by atoms with E-state index < -0.39 is 0 Å². The third kappa shape index (κ3) is 3.44. The van der Waals surface area contributed by atoms with Crippen LogP contribution in [0.4, 0.5) is 5.82 Å². The molecule has 1 aromatic carbocycles. The highest BCUT2D eigenvalue weighted by atomic mass is 16.5. The first-order valence-electron chi connectivity index (χ1n) is 10.1. The summed E-state index contributed by atoms with van der Waals surface area (Å²) in [7, 11) is 0. The Hall–Kier alpha value is -3.35. The molecule has 148 valence electrons. The molecule has 1 saturated heterocycles. The zero-order chi connectivity index (χ0) is 19.6. The van der Waals surface area contributed by atoms with Gasteiger partial charge >= 0.3 is 0 Å². The summed E-state index contributed by atoms with van der Waals surface area (Å²) in [5.74, 6) is 1.86. The number of ether oxygens (including phenoxy) is 1. The van der Waals surface area contributed by atoms with Gasteiger partial charge in [0.05, 0.1) is 18.2 Å². The molecule has 0 spiro atoms. The van der Waals surface area contributed by atoms with E-state index in [4.69, 9.17) is 4.74 Å². The Morgan fingerprint density at radius 3 is 2.83 bits per heavy atom. The van der Waals surface area contributed by atoms with Crippen molar-refractivity contribution in [2.45, 2.75) is 25.8 Å². The third-order valence-corrected chi connectivity index (χ3v) is 5.55. The van der Waals surface area contributed by atoms with E-state index in [1.165, 1.54) is 0 Å². The predicted molar refractivity (Wildman–Crippen MR) is 113 cm³/mol. The number of aromatic amines is 1. The van der Waals surface area contributed by atoms with Gasteiger partial charge < -0.3 is 9.64 Å². The first-order chi connectivity index (χ1) is 14.3. The Morgan fingerprint density at radius 1 is 1.14 bits per heavy atom. The van der Waals surface area contributed by atoms with Gasteiger partial charge in [0.25, 0.3) is 0 Å². The van der Waals surface area contributed by atoms with E-state index in [0.717, 1.165) is 59.7 Å². The minimum absolute atomic E-state index is 0.469. The van der Waals surface area contributed by atoms with Gasteiger partial charge in [-0.3, -0.25) is 9.78 Å². The number of hydrogen-bond donors (Lipinski definition) is 1. The van der Waals surface area contributed by atoms with E-state index in [1.54, 1.807) is 0 Å². The normalized spacial score (nSPS) is 15.1. The lowest BCUT2D eigenvalue weighted by molar-refractivity contribution is 0.341. The molecule has 0 saturated carbocycles. The van der Waals surface area contributed by atoms with Crippen molar-refractivity contribution in [1.82, 2.24) is 25.0 Å². The Kier molecular flexibility index (Phi) is 4.63. The molecular weight excluding hydrogens is 364 g/mol. The molecule has 1 N–H and O–H groups in total. The summed E-state index contributed by atoms with van der Waals surface area (Å²) >= 11 is 0. The molecule has 29 heavy (non-hydrogen) atoms. The number of H-pyrrole nitrogens is 1. The summed E-state index contributed by atoms with van der Waals surface area (Å²) in [6.45, 7) is 4.57. The molecule has 7 nitrogen and oxygen atoms in total. The summed E-state index contributed by atoms with van der Waals surface area (Å²) in [4.78, 5) is 6.98. The second kappa shape index (κ2) is 7.58. The average molecular weight is 388 g/mol. The second-order valence-corrected chi connectivity index (χ2v) is 7.32. The molecular formula is C22H24N6O. The number of rotatable bonds is 5. The van der Waals surface area contributed by atoms with Crippen molar-refractivity contribution in [3.8, 4) is 17.0 Å². The summed E-state index contributed by atoms with van der Waals surface area (Å²) in [5, 5.41) is 13.1. The number of benzene rings is 1. The Morgan fingerprint density at radius 2 is 2.03 bits per heavy atom. The van der Waals surface area contributed by atoms with Crippen molar-refractivity contribution in [3.05, 3.63) is 55.0 Å². The molecule has 1 aliphatic heterocycles. The fourth-order valence-corrected chi connectivity index (χ4v) is 4.06. The van der Waals surface area contributed by atoms with Gasteiger partial charge in [-0.25, -0.2) is 4.98 Å². The van der Waals surface area contributed by atoms with Crippen LogP contribution in [0.15, 0.2) is 55.0 Å². The van der Waals surface area contributed by atoms with Gasteiger partial charge in [-0.15, -0.1) is 0 Å². The van der Waals surface area contributed by atoms with E-state index in [2.05, 4.69) is 42.1 Å². The van der Waals surface area contributed by atoms with Gasteiger partial charge in [0, 0.05) is 42.6 Å². The number of hydrogen-bond acceptors (Lipinski definition) is 5. The van der Waals surface area contributed by atoms with Gasteiger partial charge in [0.2, 0.25) is 0 Å². The highest BCUT2D eigenvalue weighted by Gasteiger charge is 2.22. The molecule has 1 fully saturated rings. The monoisotopic (exact) mass is 388 g/mol. The summed E-state index contributed by atoms with van der Waals surface area (Å²) in [5.41, 5.74) is 2.99. The van der Waals surface area contributed by atoms with Gasteiger partial charge in [-0.2, -0.15) is 10.2 Å². The zero-order valence-corrected chi connectivity index (χ0v) is 16.5. The number of fused-ring (bicyclic) bond motifs is 1. The van der Waals surface area contributed by atoms with E-state index in [-0.39, 0.29) is 0 Å². The standard InChI is InChI=1S/C22H24N6O/c1-2-29-18-4-5-20-19(15-18)22(26-25-20)16-6-10-23-21(14-16)27-12-7-17(8-13-27)28-11-3-9-24-28/h3-6,9-11,14-15,17H,2,7-8,12-13H2,1H3,(H,25,26). The fourth-order valence-electron chi connectivity index (χ4n) is 4.06. The highest BCUT2D eigenvalue weighted by molar-refractivity contribution is 5.94. The number of anilines is 1. The Bertz CT molecular complexity index is 1100. The molecule has 4 heterocycles. The lowest BCUT2D eigenvalue weighted by Crippen LogP contribution is -2.35. The van der Waals surface area contributed by atoms with Gasteiger partial charge in [-0.05, 0) is 56.2 Å². The first-order valence-corrected chi connectivity index (χ1v) is 10.1. The molecule has 0 unspecified atom stereocenters. The maximum Gasteiger partial charge on any atom is 0.129 e. The van der Waals surface area contributed by atoms with Crippen LogP contribution in [-0.2, 0) is 0 Å². The van der Waals surface area contributed by atoms with Crippen LogP contribution in [0.3, 0.4) is 0 Å². The zero-order valence-electron chi connectivity index (χ0n) is 16.5. The number of aromatic nitrogens is 5. The van der Waals surface area contributed by atoms with Crippen LogP contribution in [0.2, 0.25) is 0 Å². The molecule has 5 rings (SSSR count). The third-order valence-electron chi connectivity index (χ3n) is 5.55. The minimum atomic E-state index is 0.469. The molecule has 3 aromatic heterocycles. The van der Waals surface area contributed by atoms with E-state index in [9.17, 15) is 0 Å². The first kappa shape index (κ1) is 17.7. The lowest BCUT2D eigenvalue weighted by Gasteiger charge is -2.33. The van der Waals surface area contributed by atoms with E-state index >= 15 is 0 Å². The molecule has 0 atom stereocenters. The lowest BCUT2D eigenvalue weighted by atomic mass is 10.0. The maximum absolute atomic E-state index is 5.66. The number of nitrogens with zero attached hydrogens (tertiary/aromatic N) is 5. The Labute approximate surface area is 169 Å². The van der Waals surface area contributed by atoms with Crippen LogP contribution in [0.5, 0.6) is 5.75 Å². The quantitative estimate of drug-likeness (QED) is 0.558. The maximum atomic E-state index is 5.66. The SMILES string of the molecule is CCOc1ccc2[nH]nc(-c3ccnc(N4CCC(n5cccn5)CC4)c3)c2c1. The number of nitrogens with one attached hydrogen (secondary N) is 1.